The minimum atomic E-state index is 0.104. The van der Waals surface area contributed by atoms with E-state index < -0.39 is 0 Å². The van der Waals surface area contributed by atoms with Crippen LogP contribution in [0.15, 0.2) is 41.3 Å². The van der Waals surface area contributed by atoms with Crippen LogP contribution in [0.3, 0.4) is 0 Å². The van der Waals surface area contributed by atoms with E-state index in [2.05, 4.69) is 16.0 Å². The van der Waals surface area contributed by atoms with Crippen LogP contribution in [0, 0.1) is 11.8 Å². The molecule has 2 aromatic rings. The summed E-state index contributed by atoms with van der Waals surface area (Å²) >= 11 is 0. The normalized spacial score (nSPS) is 25.9. The molecule has 2 fully saturated rings. The second-order valence-corrected chi connectivity index (χ2v) is 8.37. The maximum atomic E-state index is 12.8. The number of rotatable bonds is 3. The lowest BCUT2D eigenvalue weighted by molar-refractivity contribution is 0.0649. The Kier molecular flexibility index (Phi) is 5.01. The van der Waals surface area contributed by atoms with Crippen LogP contribution in [0.25, 0.3) is 11.3 Å². The van der Waals surface area contributed by atoms with Crippen molar-refractivity contribution in [2.45, 2.75) is 18.9 Å². The number of hydrogen-bond acceptors (Lipinski definition) is 5. The molecule has 0 radical (unpaired) electrons. The highest BCUT2D eigenvalue weighted by Crippen LogP contribution is 2.36. The predicted molar refractivity (Wildman–Crippen MR) is 106 cm³/mol. The van der Waals surface area contributed by atoms with Gasteiger partial charge in [-0.15, -0.1) is 0 Å². The molecule has 0 aliphatic carbocycles. The summed E-state index contributed by atoms with van der Waals surface area (Å²) in [5.74, 6) is 1.37. The SMILES string of the molecule is O=c1cc(-c2ccccn2)cc2n1C[C@H]1C[C@@H]2CN(CC2COCCOC2)C1. The molecule has 2 bridgehead atoms. The van der Waals surface area contributed by atoms with E-state index in [1.165, 1.54) is 12.1 Å². The molecule has 5 rings (SSSR count). The zero-order valence-electron chi connectivity index (χ0n) is 16.1. The highest BCUT2D eigenvalue weighted by Gasteiger charge is 2.35. The molecular weight excluding hydrogens is 354 g/mol. The molecule has 6 heteroatoms. The number of pyridine rings is 2. The van der Waals surface area contributed by atoms with Crippen molar-refractivity contribution < 1.29 is 9.47 Å². The van der Waals surface area contributed by atoms with Crippen LogP contribution >= 0.6 is 0 Å². The van der Waals surface area contributed by atoms with Crippen molar-refractivity contribution in [3.8, 4) is 11.3 Å². The lowest BCUT2D eigenvalue weighted by Crippen LogP contribution is -2.48. The number of nitrogens with zero attached hydrogens (tertiary/aromatic N) is 3. The molecule has 5 heterocycles. The number of hydrogen-bond donors (Lipinski definition) is 0. The Labute approximate surface area is 165 Å². The third-order valence-electron chi connectivity index (χ3n) is 6.19. The van der Waals surface area contributed by atoms with Crippen molar-refractivity contribution in [1.82, 2.24) is 14.5 Å². The Balaban J connectivity index is 1.39. The van der Waals surface area contributed by atoms with E-state index >= 15 is 0 Å². The first-order valence-electron chi connectivity index (χ1n) is 10.3. The number of fused-ring (bicyclic) bond motifs is 4. The number of ether oxygens (including phenoxy) is 2. The molecule has 0 unspecified atom stereocenters. The molecule has 0 spiro atoms. The van der Waals surface area contributed by atoms with Crippen molar-refractivity contribution in [1.29, 1.82) is 0 Å². The predicted octanol–water partition coefficient (Wildman–Crippen LogP) is 1.99. The third-order valence-corrected chi connectivity index (χ3v) is 6.19. The van der Waals surface area contributed by atoms with Gasteiger partial charge in [-0.1, -0.05) is 6.07 Å². The lowest BCUT2D eigenvalue weighted by atomic mass is 9.82. The quantitative estimate of drug-likeness (QED) is 0.814. The van der Waals surface area contributed by atoms with Crippen molar-refractivity contribution in [3.05, 3.63) is 52.6 Å². The van der Waals surface area contributed by atoms with E-state index in [1.54, 1.807) is 12.3 Å². The average Bonchev–Trinajstić information content (AvgIpc) is 2.98. The standard InChI is InChI=1S/C22H27N3O3/c26-22-9-18(20-3-1-2-4-23-20)8-21-19-7-16(12-25(21)22)10-24(13-19)11-17-14-27-5-6-28-15-17/h1-4,8-9,16-17,19H,5-7,10-15H2/t16-,19+/m0/s1. The first kappa shape index (κ1) is 18.0. The van der Waals surface area contributed by atoms with Gasteiger partial charge in [-0.25, -0.2) is 0 Å². The van der Waals surface area contributed by atoms with Gasteiger partial charge in [0, 0.05) is 61.5 Å². The summed E-state index contributed by atoms with van der Waals surface area (Å²) < 4.78 is 13.4. The van der Waals surface area contributed by atoms with Gasteiger partial charge in [-0.3, -0.25) is 9.78 Å². The van der Waals surface area contributed by atoms with Crippen LogP contribution in [0.4, 0.5) is 0 Å². The first-order valence-corrected chi connectivity index (χ1v) is 10.3. The molecule has 0 aromatic carbocycles. The molecule has 3 aliphatic rings. The van der Waals surface area contributed by atoms with Crippen molar-refractivity contribution in [2.75, 3.05) is 46.1 Å². The van der Waals surface area contributed by atoms with E-state index in [0.29, 0.717) is 31.0 Å². The smallest absolute Gasteiger partial charge is 0.251 e. The van der Waals surface area contributed by atoms with Gasteiger partial charge in [0.05, 0.1) is 32.1 Å². The monoisotopic (exact) mass is 381 g/mol. The fraction of sp³-hybridized carbons (Fsp3) is 0.545. The zero-order chi connectivity index (χ0) is 18.9. The highest BCUT2D eigenvalue weighted by molar-refractivity contribution is 5.59. The van der Waals surface area contributed by atoms with E-state index in [-0.39, 0.29) is 5.56 Å². The van der Waals surface area contributed by atoms with Gasteiger partial charge < -0.3 is 18.9 Å². The summed E-state index contributed by atoms with van der Waals surface area (Å²) in [6, 6.07) is 9.77. The minimum Gasteiger partial charge on any atom is -0.379 e. The second-order valence-electron chi connectivity index (χ2n) is 8.37. The summed E-state index contributed by atoms with van der Waals surface area (Å²) in [7, 11) is 0. The Morgan fingerprint density at radius 3 is 2.71 bits per heavy atom. The summed E-state index contributed by atoms with van der Waals surface area (Å²) in [5, 5.41) is 0. The summed E-state index contributed by atoms with van der Waals surface area (Å²) in [4.78, 5) is 19.8. The lowest BCUT2D eigenvalue weighted by Gasteiger charge is -2.43. The molecular formula is C22H27N3O3. The Hall–Kier alpha value is -2.02. The molecule has 2 atom stereocenters. The van der Waals surface area contributed by atoms with E-state index in [0.717, 1.165) is 50.7 Å². The number of piperidine rings is 1. The highest BCUT2D eigenvalue weighted by atomic mass is 16.5. The number of aromatic nitrogens is 2. The van der Waals surface area contributed by atoms with Crippen molar-refractivity contribution in [2.24, 2.45) is 11.8 Å². The van der Waals surface area contributed by atoms with Gasteiger partial charge in [0.25, 0.3) is 5.56 Å². The Bertz CT molecular complexity index is 874. The molecule has 28 heavy (non-hydrogen) atoms. The largest absolute Gasteiger partial charge is 0.379 e. The van der Waals surface area contributed by atoms with E-state index in [4.69, 9.17) is 9.47 Å². The molecule has 148 valence electrons. The van der Waals surface area contributed by atoms with Crippen LogP contribution in [-0.2, 0) is 16.0 Å². The van der Waals surface area contributed by atoms with Gasteiger partial charge in [0.2, 0.25) is 0 Å². The first-order chi connectivity index (χ1) is 13.8. The molecule has 2 aromatic heterocycles. The van der Waals surface area contributed by atoms with Crippen LogP contribution < -0.4 is 5.56 Å². The fourth-order valence-electron chi connectivity index (χ4n) is 5.03. The maximum absolute atomic E-state index is 12.8. The minimum absolute atomic E-state index is 0.104. The Morgan fingerprint density at radius 2 is 1.93 bits per heavy atom. The van der Waals surface area contributed by atoms with E-state index in [1.807, 2.05) is 22.8 Å². The van der Waals surface area contributed by atoms with Crippen molar-refractivity contribution in [3.63, 3.8) is 0 Å². The van der Waals surface area contributed by atoms with Crippen LogP contribution in [0.2, 0.25) is 0 Å². The van der Waals surface area contributed by atoms with Gasteiger partial charge in [0.15, 0.2) is 0 Å². The summed E-state index contributed by atoms with van der Waals surface area (Å²) in [6.45, 7) is 6.86. The van der Waals surface area contributed by atoms with E-state index in [9.17, 15) is 4.79 Å². The molecule has 2 saturated heterocycles. The zero-order valence-corrected chi connectivity index (χ0v) is 16.1. The Morgan fingerprint density at radius 1 is 1.07 bits per heavy atom. The molecule has 6 nitrogen and oxygen atoms in total. The van der Waals surface area contributed by atoms with Crippen LogP contribution in [-0.4, -0.2) is 60.5 Å². The topological polar surface area (TPSA) is 56.6 Å². The maximum Gasteiger partial charge on any atom is 0.251 e. The van der Waals surface area contributed by atoms with Crippen LogP contribution in [0.1, 0.15) is 18.0 Å². The molecule has 3 aliphatic heterocycles. The molecule has 0 N–H and O–H groups in total. The van der Waals surface area contributed by atoms with Gasteiger partial charge in [-0.2, -0.15) is 0 Å². The van der Waals surface area contributed by atoms with Gasteiger partial charge >= 0.3 is 0 Å². The fourth-order valence-corrected chi connectivity index (χ4v) is 5.03. The third kappa shape index (κ3) is 3.64. The van der Waals surface area contributed by atoms with Gasteiger partial charge in [0.1, 0.15) is 0 Å². The van der Waals surface area contributed by atoms with Gasteiger partial charge in [-0.05, 0) is 30.5 Å². The second kappa shape index (κ2) is 7.78. The number of likely N-dealkylation sites (tertiary alicyclic amines) is 1. The van der Waals surface area contributed by atoms with Crippen molar-refractivity contribution >= 4 is 0 Å². The van der Waals surface area contributed by atoms with Crippen LogP contribution in [0.5, 0.6) is 0 Å². The average molecular weight is 381 g/mol. The molecule has 0 saturated carbocycles. The molecule has 0 amide bonds. The summed E-state index contributed by atoms with van der Waals surface area (Å²) in [6.07, 6.45) is 2.95. The summed E-state index contributed by atoms with van der Waals surface area (Å²) in [5.41, 5.74) is 3.07.